The Balaban J connectivity index is 1.59. The highest BCUT2D eigenvalue weighted by atomic mass is 16.1. The number of nitrogens with zero attached hydrogens (tertiary/aromatic N) is 7. The molecule has 0 spiro atoms. The van der Waals surface area contributed by atoms with Crippen LogP contribution in [0, 0.1) is 0 Å². The van der Waals surface area contributed by atoms with Crippen LogP contribution in [0.4, 0.5) is 5.69 Å². The second-order valence-corrected chi connectivity index (χ2v) is 8.95. The van der Waals surface area contributed by atoms with E-state index < -0.39 is 0 Å². The molecular weight excluding hydrogens is 414 g/mol. The minimum atomic E-state index is -0.0318. The summed E-state index contributed by atoms with van der Waals surface area (Å²) in [6.07, 6.45) is 7.43. The van der Waals surface area contributed by atoms with Crippen molar-refractivity contribution in [2.24, 2.45) is 21.1 Å². The second kappa shape index (κ2) is 7.37. The summed E-state index contributed by atoms with van der Waals surface area (Å²) in [5.74, 6) is 0.834. The van der Waals surface area contributed by atoms with Crippen LogP contribution in [-0.4, -0.2) is 41.3 Å². The summed E-state index contributed by atoms with van der Waals surface area (Å²) < 4.78 is 7.53. The monoisotopic (exact) mass is 441 g/mol. The molecule has 0 unspecified atom stereocenters. The van der Waals surface area contributed by atoms with Crippen molar-refractivity contribution in [3.63, 3.8) is 0 Å². The van der Waals surface area contributed by atoms with E-state index >= 15 is 0 Å². The Morgan fingerprint density at radius 1 is 0.818 bits per heavy atom. The molecule has 0 saturated carbocycles. The van der Waals surface area contributed by atoms with Gasteiger partial charge in [0.25, 0.3) is 0 Å². The molecule has 8 heteroatoms. The fourth-order valence-electron chi connectivity index (χ4n) is 5.06. The van der Waals surface area contributed by atoms with Crippen LogP contribution in [0.1, 0.15) is 19.3 Å². The van der Waals surface area contributed by atoms with E-state index in [1.165, 1.54) is 24.9 Å². The Bertz CT molecular complexity index is 1560. The first-order chi connectivity index (χ1) is 16.0. The van der Waals surface area contributed by atoms with Gasteiger partial charge in [-0.25, -0.2) is 14.8 Å². The average molecular weight is 442 g/mol. The lowest BCUT2D eigenvalue weighted by Crippen LogP contribution is -2.29. The molecule has 8 nitrogen and oxygen atoms in total. The summed E-state index contributed by atoms with van der Waals surface area (Å²) in [7, 11) is 5.60. The molecule has 1 aliphatic rings. The number of imidazole rings is 3. The third-order valence-corrected chi connectivity index (χ3v) is 6.92. The van der Waals surface area contributed by atoms with Gasteiger partial charge >= 0.3 is 5.69 Å². The minimum Gasteiger partial charge on any atom is -0.371 e. The Hall–Kier alpha value is -3.81. The average Bonchev–Trinajstić information content (AvgIpc) is 3.50. The maximum Gasteiger partial charge on any atom is 0.328 e. The quantitative estimate of drug-likeness (QED) is 0.429. The van der Waals surface area contributed by atoms with Crippen LogP contribution in [0.5, 0.6) is 0 Å². The normalized spacial score (nSPS) is 14.6. The highest BCUT2D eigenvalue weighted by Crippen LogP contribution is 2.32. The molecule has 168 valence electrons. The smallest absolute Gasteiger partial charge is 0.328 e. The summed E-state index contributed by atoms with van der Waals surface area (Å²) >= 11 is 0. The SMILES string of the molecule is Cn1cncc1-c1nc2cc(N3CCCCC3)ccc2n1-c1ccc2c(c1)n(C)c(=O)n2C. The number of hydrogen-bond acceptors (Lipinski definition) is 4. The van der Waals surface area contributed by atoms with Crippen LogP contribution >= 0.6 is 0 Å². The molecule has 0 atom stereocenters. The number of anilines is 1. The fourth-order valence-corrected chi connectivity index (χ4v) is 5.06. The zero-order valence-electron chi connectivity index (χ0n) is 19.2. The molecule has 0 bridgehead atoms. The van der Waals surface area contributed by atoms with Crippen molar-refractivity contribution in [1.29, 1.82) is 0 Å². The van der Waals surface area contributed by atoms with E-state index in [1.54, 1.807) is 22.5 Å². The van der Waals surface area contributed by atoms with Gasteiger partial charge in [-0.3, -0.25) is 13.7 Å². The first-order valence-electron chi connectivity index (χ1n) is 11.4. The van der Waals surface area contributed by atoms with Gasteiger partial charge in [-0.15, -0.1) is 0 Å². The van der Waals surface area contributed by atoms with E-state index in [9.17, 15) is 4.79 Å². The predicted molar refractivity (Wildman–Crippen MR) is 131 cm³/mol. The lowest BCUT2D eigenvalue weighted by molar-refractivity contribution is 0.578. The molecule has 6 rings (SSSR count). The van der Waals surface area contributed by atoms with Crippen molar-refractivity contribution in [3.05, 3.63) is 59.4 Å². The van der Waals surface area contributed by atoms with Gasteiger partial charge in [0.15, 0.2) is 5.82 Å². The summed E-state index contributed by atoms with van der Waals surface area (Å²) in [6, 6.07) is 12.7. The third kappa shape index (κ3) is 3.01. The Morgan fingerprint density at radius 2 is 1.55 bits per heavy atom. The number of aryl methyl sites for hydroxylation is 3. The highest BCUT2D eigenvalue weighted by Gasteiger charge is 2.20. The van der Waals surface area contributed by atoms with Crippen molar-refractivity contribution in [2.45, 2.75) is 19.3 Å². The number of piperidine rings is 1. The lowest BCUT2D eigenvalue weighted by atomic mass is 10.1. The molecule has 1 saturated heterocycles. The van der Waals surface area contributed by atoms with Crippen LogP contribution in [0.2, 0.25) is 0 Å². The van der Waals surface area contributed by atoms with Crippen LogP contribution in [-0.2, 0) is 21.1 Å². The molecule has 0 radical (unpaired) electrons. The van der Waals surface area contributed by atoms with Crippen LogP contribution < -0.4 is 10.6 Å². The van der Waals surface area contributed by atoms with E-state index in [0.717, 1.165) is 52.4 Å². The van der Waals surface area contributed by atoms with Crippen LogP contribution in [0.25, 0.3) is 39.3 Å². The van der Waals surface area contributed by atoms with Gasteiger partial charge in [0, 0.05) is 45.6 Å². The molecule has 0 N–H and O–H groups in total. The van der Waals surface area contributed by atoms with Gasteiger partial charge in [-0.2, -0.15) is 0 Å². The Kier molecular flexibility index (Phi) is 4.43. The van der Waals surface area contributed by atoms with E-state index in [1.807, 2.05) is 30.9 Å². The Morgan fingerprint density at radius 3 is 2.30 bits per heavy atom. The van der Waals surface area contributed by atoms with E-state index in [2.05, 4.69) is 44.8 Å². The third-order valence-electron chi connectivity index (χ3n) is 6.92. The molecule has 1 aliphatic heterocycles. The number of aromatic nitrogens is 6. The zero-order valence-corrected chi connectivity index (χ0v) is 19.2. The summed E-state index contributed by atoms with van der Waals surface area (Å²) in [6.45, 7) is 2.19. The largest absolute Gasteiger partial charge is 0.371 e. The first kappa shape index (κ1) is 19.8. The maximum atomic E-state index is 12.5. The van der Waals surface area contributed by atoms with Gasteiger partial charge in [0.05, 0.1) is 34.6 Å². The topological polar surface area (TPSA) is 65.8 Å². The number of fused-ring (bicyclic) bond motifs is 2. The van der Waals surface area contributed by atoms with Gasteiger partial charge in [-0.05, 0) is 55.7 Å². The fraction of sp³-hybridized carbons (Fsp3) is 0.320. The van der Waals surface area contributed by atoms with Crippen molar-refractivity contribution >= 4 is 27.8 Å². The summed E-state index contributed by atoms with van der Waals surface area (Å²) in [4.78, 5) is 24.3. The molecule has 4 heterocycles. The van der Waals surface area contributed by atoms with E-state index in [0.29, 0.717) is 0 Å². The highest BCUT2D eigenvalue weighted by molar-refractivity contribution is 5.87. The van der Waals surface area contributed by atoms with E-state index in [-0.39, 0.29) is 5.69 Å². The predicted octanol–water partition coefficient (Wildman–Crippen LogP) is 3.61. The maximum absolute atomic E-state index is 12.5. The molecule has 5 aromatic rings. The zero-order chi connectivity index (χ0) is 22.7. The standard InChI is InChI=1S/C25H27N7O/c1-28-16-26-15-23(28)24-27-19-13-17(31-11-5-4-6-12-31)7-9-20(19)32(24)18-8-10-21-22(14-18)30(3)25(33)29(21)2/h7-10,13-16H,4-6,11-12H2,1-3H3. The van der Waals surface area contributed by atoms with E-state index in [4.69, 9.17) is 4.98 Å². The van der Waals surface area contributed by atoms with Gasteiger partial charge < -0.3 is 9.47 Å². The van der Waals surface area contributed by atoms with Crippen molar-refractivity contribution in [3.8, 4) is 17.2 Å². The Labute approximate surface area is 191 Å². The number of benzene rings is 2. The molecule has 1 fully saturated rings. The van der Waals surface area contributed by atoms with Crippen LogP contribution in [0.15, 0.2) is 53.7 Å². The van der Waals surface area contributed by atoms with Crippen molar-refractivity contribution in [2.75, 3.05) is 18.0 Å². The second-order valence-electron chi connectivity index (χ2n) is 8.95. The molecule has 2 aromatic carbocycles. The molecule has 33 heavy (non-hydrogen) atoms. The van der Waals surface area contributed by atoms with Crippen LogP contribution in [0.3, 0.4) is 0 Å². The van der Waals surface area contributed by atoms with Gasteiger partial charge in [0.2, 0.25) is 0 Å². The molecular formula is C25H27N7O. The summed E-state index contributed by atoms with van der Waals surface area (Å²) in [5, 5.41) is 0. The van der Waals surface area contributed by atoms with Crippen molar-refractivity contribution in [1.82, 2.24) is 28.2 Å². The number of rotatable bonds is 3. The minimum absolute atomic E-state index is 0.0318. The molecule has 3 aromatic heterocycles. The summed E-state index contributed by atoms with van der Waals surface area (Å²) in [5.41, 5.74) is 6.89. The molecule has 0 aliphatic carbocycles. The number of hydrogen-bond donors (Lipinski definition) is 0. The van der Waals surface area contributed by atoms with Crippen molar-refractivity contribution < 1.29 is 0 Å². The van der Waals surface area contributed by atoms with Gasteiger partial charge in [-0.1, -0.05) is 0 Å². The first-order valence-corrected chi connectivity index (χ1v) is 11.4. The van der Waals surface area contributed by atoms with Gasteiger partial charge in [0.1, 0.15) is 5.69 Å². The lowest BCUT2D eigenvalue weighted by Gasteiger charge is -2.28. The molecule has 0 amide bonds.